The molecule has 1 unspecified atom stereocenters. The van der Waals surface area contributed by atoms with Crippen LogP contribution in [0.4, 0.5) is 0 Å². The molecule has 0 saturated heterocycles. The highest BCUT2D eigenvalue weighted by Gasteiger charge is 2.48. The van der Waals surface area contributed by atoms with Crippen LogP contribution in [-0.4, -0.2) is 52.1 Å². The second-order valence-corrected chi connectivity index (χ2v) is 9.45. The molecule has 31 heavy (non-hydrogen) atoms. The number of rotatable bonds is 7. The largest absolute Gasteiger partial charge is 0.463 e. The van der Waals surface area contributed by atoms with Crippen molar-refractivity contribution in [2.24, 2.45) is 0 Å². The minimum absolute atomic E-state index is 0.0616. The van der Waals surface area contributed by atoms with Gasteiger partial charge in [-0.3, -0.25) is 9.59 Å². The molecule has 0 aromatic carbocycles. The van der Waals surface area contributed by atoms with E-state index in [1.165, 1.54) is 12.8 Å². The van der Waals surface area contributed by atoms with Gasteiger partial charge in [0.15, 0.2) is 5.58 Å². The first-order valence-corrected chi connectivity index (χ1v) is 11.7. The number of amides is 2. The first kappa shape index (κ1) is 21.9. The van der Waals surface area contributed by atoms with Gasteiger partial charge in [0.05, 0.1) is 24.4 Å². The molecule has 4 rings (SSSR count). The molecule has 2 aliphatic rings. The summed E-state index contributed by atoms with van der Waals surface area (Å²) in [7, 11) is 0. The third kappa shape index (κ3) is 4.38. The monoisotopic (exact) mass is 429 g/mol. The number of fused-ring (bicyclic) bond motifs is 3. The van der Waals surface area contributed by atoms with Crippen LogP contribution in [0.25, 0.3) is 11.1 Å². The minimum Gasteiger partial charge on any atom is -0.463 e. The van der Waals surface area contributed by atoms with Crippen molar-refractivity contribution in [2.45, 2.75) is 89.9 Å². The van der Waals surface area contributed by atoms with Crippen molar-refractivity contribution in [2.75, 3.05) is 13.2 Å². The first-order valence-electron chi connectivity index (χ1n) is 11.7. The van der Waals surface area contributed by atoms with E-state index in [2.05, 4.69) is 5.32 Å². The molecule has 1 aliphatic heterocycles. The molecule has 1 saturated carbocycles. The van der Waals surface area contributed by atoms with Gasteiger partial charge in [0.2, 0.25) is 5.91 Å². The van der Waals surface area contributed by atoms with E-state index in [-0.39, 0.29) is 24.0 Å². The highest BCUT2D eigenvalue weighted by atomic mass is 16.5. The van der Waals surface area contributed by atoms with E-state index < -0.39 is 5.54 Å². The molecule has 7 heteroatoms. The number of hydrogen-bond acceptors (Lipinski definition) is 4. The maximum absolute atomic E-state index is 13.6. The average molecular weight is 430 g/mol. The molecule has 0 spiro atoms. The van der Waals surface area contributed by atoms with Crippen molar-refractivity contribution in [3.63, 3.8) is 0 Å². The highest BCUT2D eigenvalue weighted by Crippen LogP contribution is 2.33. The molecule has 7 nitrogen and oxygen atoms in total. The molecule has 0 radical (unpaired) electrons. The lowest BCUT2D eigenvalue weighted by Gasteiger charge is -2.44. The second kappa shape index (κ2) is 9.07. The van der Waals surface area contributed by atoms with Crippen molar-refractivity contribution in [1.29, 1.82) is 0 Å². The zero-order valence-electron chi connectivity index (χ0n) is 19.0. The molecule has 1 aliphatic carbocycles. The van der Waals surface area contributed by atoms with Crippen LogP contribution in [0.3, 0.4) is 0 Å². The summed E-state index contributed by atoms with van der Waals surface area (Å²) in [5.74, 6) is -0.186. The van der Waals surface area contributed by atoms with Crippen LogP contribution in [0.5, 0.6) is 0 Å². The summed E-state index contributed by atoms with van der Waals surface area (Å²) < 4.78 is 13.1. The van der Waals surface area contributed by atoms with E-state index >= 15 is 0 Å². The molecule has 1 fully saturated rings. The molecule has 1 N–H and O–H groups in total. The summed E-state index contributed by atoms with van der Waals surface area (Å²) in [4.78, 5) is 28.9. The quantitative estimate of drug-likeness (QED) is 0.531. The Morgan fingerprint density at radius 1 is 1.29 bits per heavy atom. The van der Waals surface area contributed by atoms with E-state index in [9.17, 15) is 9.59 Å². The van der Waals surface area contributed by atoms with Crippen molar-refractivity contribution in [3.05, 3.63) is 24.1 Å². The first-order chi connectivity index (χ1) is 14.9. The van der Waals surface area contributed by atoms with E-state index in [4.69, 9.17) is 9.15 Å². The van der Waals surface area contributed by atoms with Gasteiger partial charge in [0, 0.05) is 31.3 Å². The number of hydrogen-bond donors (Lipinski definition) is 1. The fourth-order valence-corrected chi connectivity index (χ4v) is 4.93. The Balaban J connectivity index is 1.59. The summed E-state index contributed by atoms with van der Waals surface area (Å²) in [6, 6.07) is 3.84. The molecule has 2 aromatic heterocycles. The Morgan fingerprint density at radius 2 is 2.03 bits per heavy atom. The van der Waals surface area contributed by atoms with Crippen LogP contribution >= 0.6 is 0 Å². The zero-order valence-corrected chi connectivity index (χ0v) is 19.0. The number of ether oxygens (including phenoxy) is 1. The normalized spacial score (nSPS) is 22.7. The second-order valence-electron chi connectivity index (χ2n) is 9.45. The molecule has 1 atom stereocenters. The van der Waals surface area contributed by atoms with Crippen molar-refractivity contribution in [3.8, 4) is 0 Å². The van der Waals surface area contributed by atoms with Crippen molar-refractivity contribution in [1.82, 2.24) is 14.8 Å². The molecule has 0 bridgehead atoms. The van der Waals surface area contributed by atoms with Crippen LogP contribution in [0.1, 0.15) is 76.2 Å². The molecular formula is C24H35N3O4. The molecular weight excluding hydrogens is 394 g/mol. The van der Waals surface area contributed by atoms with Crippen LogP contribution in [0.15, 0.2) is 22.8 Å². The maximum Gasteiger partial charge on any atom is 0.271 e. The smallest absolute Gasteiger partial charge is 0.271 e. The summed E-state index contributed by atoms with van der Waals surface area (Å²) in [5, 5.41) is 3.29. The van der Waals surface area contributed by atoms with Crippen molar-refractivity contribution < 1.29 is 18.7 Å². The summed E-state index contributed by atoms with van der Waals surface area (Å²) in [5.41, 5.74) is 1.16. The number of nitrogens with zero attached hydrogens (tertiary/aromatic N) is 2. The number of aromatic nitrogens is 1. The van der Waals surface area contributed by atoms with Crippen LogP contribution in [0.2, 0.25) is 0 Å². The van der Waals surface area contributed by atoms with Gasteiger partial charge in [0.25, 0.3) is 5.91 Å². The van der Waals surface area contributed by atoms with Gasteiger partial charge >= 0.3 is 0 Å². The van der Waals surface area contributed by atoms with Crippen LogP contribution in [0, 0.1) is 0 Å². The Bertz CT molecular complexity index is 923. The van der Waals surface area contributed by atoms with E-state index in [1.54, 1.807) is 17.2 Å². The van der Waals surface area contributed by atoms with Gasteiger partial charge in [-0.25, -0.2) is 0 Å². The van der Waals surface area contributed by atoms with E-state index in [0.29, 0.717) is 37.4 Å². The Kier molecular flexibility index (Phi) is 6.42. The van der Waals surface area contributed by atoms with E-state index in [1.807, 2.05) is 31.4 Å². The number of nitrogens with one attached hydrogen (secondary N) is 1. The summed E-state index contributed by atoms with van der Waals surface area (Å²) in [6.07, 6.45) is 9.24. The van der Waals surface area contributed by atoms with Gasteiger partial charge in [-0.1, -0.05) is 25.7 Å². The highest BCUT2D eigenvalue weighted by molar-refractivity contribution is 6.02. The maximum atomic E-state index is 13.6. The van der Waals surface area contributed by atoms with Crippen molar-refractivity contribution >= 4 is 22.9 Å². The number of carbonyl (C=O) groups is 2. The van der Waals surface area contributed by atoms with Gasteiger partial charge in [-0.15, -0.1) is 0 Å². The number of carbonyl (C=O) groups excluding carboxylic acids is 2. The number of furan rings is 1. The average Bonchev–Trinajstić information content (AvgIpc) is 3.22. The topological polar surface area (TPSA) is 76.7 Å². The fourth-order valence-electron chi connectivity index (χ4n) is 4.93. The zero-order chi connectivity index (χ0) is 22.0. The predicted molar refractivity (Wildman–Crippen MR) is 119 cm³/mol. The molecule has 2 amide bonds. The van der Waals surface area contributed by atoms with Crippen LogP contribution in [-0.2, 0) is 16.1 Å². The Morgan fingerprint density at radius 3 is 2.74 bits per heavy atom. The Hall–Kier alpha value is -2.28. The lowest BCUT2D eigenvalue weighted by molar-refractivity contribution is -0.133. The third-order valence-electron chi connectivity index (χ3n) is 6.71. The standard InChI is InChI=1S/C24H35N3O4/c1-17(2)30-13-8-12-27-22(28)20-15-21-19(11-14-31-21)26(20)16-24(27,3)23(29)25-18-9-6-4-5-7-10-18/h11,14-15,17-18H,4-10,12-13,16H2,1-3H3,(H,25,29). The molecule has 2 aromatic rings. The third-order valence-corrected chi connectivity index (χ3v) is 6.71. The molecule has 170 valence electrons. The summed E-state index contributed by atoms with van der Waals surface area (Å²) >= 11 is 0. The van der Waals surface area contributed by atoms with Gasteiger partial charge in [0.1, 0.15) is 11.2 Å². The molecule has 3 heterocycles. The SMILES string of the molecule is CC(C)OCCCN1C(=O)c2cc3occc3n2CC1(C)C(=O)NC1CCCCCC1. The van der Waals surface area contributed by atoms with Crippen LogP contribution < -0.4 is 5.32 Å². The Labute approximate surface area is 184 Å². The predicted octanol–water partition coefficient (Wildman–Crippen LogP) is 4.10. The van der Waals surface area contributed by atoms with E-state index in [0.717, 1.165) is 31.2 Å². The summed E-state index contributed by atoms with van der Waals surface area (Å²) in [6.45, 7) is 7.35. The van der Waals surface area contributed by atoms with Gasteiger partial charge in [-0.2, -0.15) is 0 Å². The fraction of sp³-hybridized carbons (Fsp3) is 0.667. The van der Waals surface area contributed by atoms with Gasteiger partial charge < -0.3 is 23.9 Å². The van der Waals surface area contributed by atoms with Gasteiger partial charge in [-0.05, 0) is 40.0 Å². The lowest BCUT2D eigenvalue weighted by atomic mass is 9.93. The lowest BCUT2D eigenvalue weighted by Crippen LogP contribution is -2.65. The minimum atomic E-state index is -0.961.